The van der Waals surface area contributed by atoms with Crippen molar-refractivity contribution in [1.29, 1.82) is 0 Å². The van der Waals surface area contributed by atoms with Crippen LogP contribution in [0.25, 0.3) is 0 Å². The van der Waals surface area contributed by atoms with E-state index < -0.39 is 0 Å². The van der Waals surface area contributed by atoms with Gasteiger partial charge >= 0.3 is 0 Å². The molecule has 0 aromatic carbocycles. The van der Waals surface area contributed by atoms with Crippen molar-refractivity contribution in [3.63, 3.8) is 0 Å². The van der Waals surface area contributed by atoms with Crippen LogP contribution in [0, 0.1) is 6.92 Å². The summed E-state index contributed by atoms with van der Waals surface area (Å²) in [5.74, 6) is 1.16. The summed E-state index contributed by atoms with van der Waals surface area (Å²) in [4.78, 5) is 4.12. The lowest BCUT2D eigenvalue weighted by Crippen LogP contribution is -2.35. The highest BCUT2D eigenvalue weighted by Gasteiger charge is 2.11. The van der Waals surface area contributed by atoms with Gasteiger partial charge in [-0.05, 0) is 27.7 Å². The number of nitrogens with zero attached hydrogens (tertiary/aromatic N) is 5. The van der Waals surface area contributed by atoms with E-state index in [1.165, 1.54) is 0 Å². The van der Waals surface area contributed by atoms with Gasteiger partial charge < -0.3 is 9.84 Å². The molecule has 0 aliphatic heterocycles. The zero-order valence-electron chi connectivity index (χ0n) is 11.1. The minimum atomic E-state index is 0.0629. The zero-order valence-corrected chi connectivity index (χ0v) is 11.1. The number of nitrogens with one attached hydrogen (secondary N) is 1. The fourth-order valence-electron chi connectivity index (χ4n) is 1.40. The summed E-state index contributed by atoms with van der Waals surface area (Å²) >= 11 is 0. The molecule has 2 heterocycles. The van der Waals surface area contributed by atoms with Gasteiger partial charge in [-0.15, -0.1) is 5.10 Å². The van der Waals surface area contributed by atoms with Crippen molar-refractivity contribution < 1.29 is 4.52 Å². The van der Waals surface area contributed by atoms with Crippen LogP contribution in [-0.4, -0.2) is 30.7 Å². The Bertz CT molecular complexity index is 510. The lowest BCUT2D eigenvalue weighted by atomic mass is 10.1. The van der Waals surface area contributed by atoms with E-state index in [9.17, 15) is 0 Å². The van der Waals surface area contributed by atoms with Gasteiger partial charge in [-0.2, -0.15) is 4.98 Å². The van der Waals surface area contributed by atoms with E-state index in [0.29, 0.717) is 24.8 Å². The summed E-state index contributed by atoms with van der Waals surface area (Å²) in [6, 6.07) is 0. The third-order valence-electron chi connectivity index (χ3n) is 2.25. The molecule has 0 saturated heterocycles. The minimum absolute atomic E-state index is 0.0629. The largest absolute Gasteiger partial charge is 0.337 e. The van der Waals surface area contributed by atoms with Gasteiger partial charge in [-0.25, -0.2) is 4.68 Å². The highest BCUT2D eigenvalue weighted by atomic mass is 16.5. The second-order valence-corrected chi connectivity index (χ2v) is 5.25. The van der Waals surface area contributed by atoms with Crippen LogP contribution in [0.5, 0.6) is 0 Å². The first-order chi connectivity index (χ1) is 8.42. The third kappa shape index (κ3) is 3.63. The molecule has 7 nitrogen and oxygen atoms in total. The van der Waals surface area contributed by atoms with Gasteiger partial charge in [0.1, 0.15) is 6.54 Å². The van der Waals surface area contributed by atoms with Crippen LogP contribution < -0.4 is 5.32 Å². The first-order valence-corrected chi connectivity index (χ1v) is 5.85. The maximum Gasteiger partial charge on any atom is 0.248 e. The molecule has 0 spiro atoms. The molecule has 2 aromatic rings. The molecule has 1 N–H and O–H groups in total. The van der Waals surface area contributed by atoms with Gasteiger partial charge in [0, 0.05) is 12.1 Å². The van der Waals surface area contributed by atoms with E-state index in [2.05, 4.69) is 46.5 Å². The molecule has 0 atom stereocenters. The molecule has 0 amide bonds. The van der Waals surface area contributed by atoms with Crippen molar-refractivity contribution >= 4 is 0 Å². The van der Waals surface area contributed by atoms with Crippen molar-refractivity contribution in [2.75, 3.05) is 0 Å². The molecule has 0 fully saturated rings. The van der Waals surface area contributed by atoms with Gasteiger partial charge in [0.15, 0.2) is 5.82 Å². The van der Waals surface area contributed by atoms with Crippen LogP contribution in [-0.2, 0) is 13.1 Å². The highest BCUT2D eigenvalue weighted by Crippen LogP contribution is 2.03. The number of hydrogen-bond donors (Lipinski definition) is 1. The molecule has 98 valence electrons. The Labute approximate surface area is 106 Å². The Kier molecular flexibility index (Phi) is 3.42. The smallest absolute Gasteiger partial charge is 0.248 e. The normalized spacial score (nSPS) is 12.0. The second-order valence-electron chi connectivity index (χ2n) is 5.25. The second kappa shape index (κ2) is 4.85. The molecule has 7 heteroatoms. The van der Waals surface area contributed by atoms with Gasteiger partial charge in [-0.3, -0.25) is 0 Å². The average molecular weight is 250 g/mol. The monoisotopic (exact) mass is 250 g/mol. The van der Waals surface area contributed by atoms with Crippen LogP contribution in [0.3, 0.4) is 0 Å². The predicted octanol–water partition coefficient (Wildman–Crippen LogP) is 0.906. The van der Waals surface area contributed by atoms with E-state index in [1.54, 1.807) is 11.6 Å². The Morgan fingerprint density at radius 2 is 2.17 bits per heavy atom. The van der Waals surface area contributed by atoms with E-state index in [1.807, 2.05) is 6.20 Å². The standard InChI is InChI=1S/C11H18N6O/c1-8-13-10(18-15-8)7-17-6-9(14-16-17)5-12-11(2,3)4/h6,12H,5,7H2,1-4H3. The van der Waals surface area contributed by atoms with Crippen LogP contribution in [0.1, 0.15) is 38.2 Å². The minimum Gasteiger partial charge on any atom is -0.337 e. The number of hydrogen-bond acceptors (Lipinski definition) is 6. The van der Waals surface area contributed by atoms with Gasteiger partial charge in [0.05, 0.1) is 11.9 Å². The first kappa shape index (κ1) is 12.7. The molecule has 0 aliphatic rings. The lowest BCUT2D eigenvalue weighted by Gasteiger charge is -2.19. The van der Waals surface area contributed by atoms with Crippen molar-refractivity contribution in [2.24, 2.45) is 0 Å². The SMILES string of the molecule is Cc1noc(Cn2cc(CNC(C)(C)C)nn2)n1. The van der Waals surface area contributed by atoms with Gasteiger partial charge in [0.25, 0.3) is 0 Å². The van der Waals surface area contributed by atoms with Crippen molar-refractivity contribution in [2.45, 2.75) is 46.3 Å². The Balaban J connectivity index is 1.94. The molecule has 0 bridgehead atoms. The van der Waals surface area contributed by atoms with Crippen LogP contribution in [0.15, 0.2) is 10.7 Å². The van der Waals surface area contributed by atoms with Crippen molar-refractivity contribution in [1.82, 2.24) is 30.5 Å². The van der Waals surface area contributed by atoms with Crippen molar-refractivity contribution in [3.05, 3.63) is 23.6 Å². The quantitative estimate of drug-likeness (QED) is 0.868. The van der Waals surface area contributed by atoms with Crippen LogP contribution in [0.2, 0.25) is 0 Å². The molecule has 0 saturated carbocycles. The predicted molar refractivity (Wildman–Crippen MR) is 64.8 cm³/mol. The number of rotatable bonds is 4. The number of aryl methyl sites for hydroxylation is 1. The molecule has 18 heavy (non-hydrogen) atoms. The third-order valence-corrected chi connectivity index (χ3v) is 2.25. The van der Waals surface area contributed by atoms with Crippen LogP contribution in [0.4, 0.5) is 0 Å². The fourth-order valence-corrected chi connectivity index (χ4v) is 1.40. The molecule has 0 unspecified atom stereocenters. The maximum atomic E-state index is 5.03. The van der Waals surface area contributed by atoms with E-state index >= 15 is 0 Å². The number of aromatic nitrogens is 5. The average Bonchev–Trinajstić information content (AvgIpc) is 2.85. The summed E-state index contributed by atoms with van der Waals surface area (Å²) in [6.45, 7) is 9.25. The fraction of sp³-hybridized carbons (Fsp3) is 0.636. The van der Waals surface area contributed by atoms with Crippen LogP contribution >= 0.6 is 0 Å². The van der Waals surface area contributed by atoms with Gasteiger partial charge in [0.2, 0.25) is 5.89 Å². The topological polar surface area (TPSA) is 81.7 Å². The Hall–Kier alpha value is -1.76. The molecule has 0 aliphatic carbocycles. The Morgan fingerprint density at radius 1 is 1.39 bits per heavy atom. The summed E-state index contributed by atoms with van der Waals surface area (Å²) in [5, 5.41) is 15.2. The molecular formula is C11H18N6O. The molecular weight excluding hydrogens is 232 g/mol. The highest BCUT2D eigenvalue weighted by molar-refractivity contribution is 4.94. The lowest BCUT2D eigenvalue weighted by molar-refractivity contribution is 0.361. The van der Waals surface area contributed by atoms with E-state index in [-0.39, 0.29) is 5.54 Å². The molecule has 2 rings (SSSR count). The van der Waals surface area contributed by atoms with Gasteiger partial charge in [-0.1, -0.05) is 10.4 Å². The van der Waals surface area contributed by atoms with Crippen molar-refractivity contribution in [3.8, 4) is 0 Å². The van der Waals surface area contributed by atoms with E-state index in [0.717, 1.165) is 5.69 Å². The van der Waals surface area contributed by atoms with E-state index in [4.69, 9.17) is 4.52 Å². The molecule has 0 radical (unpaired) electrons. The maximum absolute atomic E-state index is 5.03. The summed E-state index contributed by atoms with van der Waals surface area (Å²) in [7, 11) is 0. The molecule has 2 aromatic heterocycles. The summed E-state index contributed by atoms with van der Waals surface area (Å²) < 4.78 is 6.71. The summed E-state index contributed by atoms with van der Waals surface area (Å²) in [6.07, 6.45) is 1.87. The zero-order chi connectivity index (χ0) is 13.2. The summed E-state index contributed by atoms with van der Waals surface area (Å²) in [5.41, 5.74) is 0.953. The first-order valence-electron chi connectivity index (χ1n) is 5.85. The Morgan fingerprint density at radius 3 is 2.78 bits per heavy atom.